The van der Waals surface area contributed by atoms with Gasteiger partial charge in [-0.3, -0.25) is 4.72 Å². The van der Waals surface area contributed by atoms with Gasteiger partial charge in [-0.2, -0.15) is 5.26 Å². The molecule has 0 unspecified atom stereocenters. The van der Waals surface area contributed by atoms with Crippen LogP contribution in [0.1, 0.15) is 18.1 Å². The second-order valence-electron chi connectivity index (χ2n) is 4.30. The van der Waals surface area contributed by atoms with E-state index < -0.39 is 10.0 Å². The molecule has 0 heterocycles. The van der Waals surface area contributed by atoms with E-state index in [1.54, 1.807) is 24.3 Å². The summed E-state index contributed by atoms with van der Waals surface area (Å²) in [5, 5.41) is 8.81. The Morgan fingerprint density at radius 1 is 1.15 bits per heavy atom. The lowest BCUT2D eigenvalue weighted by Gasteiger charge is -2.08. The summed E-state index contributed by atoms with van der Waals surface area (Å²) in [5.74, 6) is 0. The van der Waals surface area contributed by atoms with Crippen LogP contribution in [0.4, 0.5) is 5.69 Å². The van der Waals surface area contributed by atoms with Crippen LogP contribution in [0, 0.1) is 11.3 Å². The Morgan fingerprint density at radius 2 is 1.85 bits per heavy atom. The van der Waals surface area contributed by atoms with E-state index in [2.05, 4.69) is 4.72 Å². The Balaban J connectivity index is 2.28. The zero-order chi connectivity index (χ0) is 14.6. The van der Waals surface area contributed by atoms with Crippen molar-refractivity contribution in [2.24, 2.45) is 0 Å². The predicted octanol–water partition coefficient (Wildman–Crippen LogP) is 2.92. The number of nitrogens with zero attached hydrogens (tertiary/aromatic N) is 1. The second kappa shape index (κ2) is 5.76. The molecule has 2 aromatic carbocycles. The van der Waals surface area contributed by atoms with Crippen LogP contribution >= 0.6 is 0 Å². The fourth-order valence-corrected chi connectivity index (χ4v) is 2.86. The summed E-state index contributed by atoms with van der Waals surface area (Å²) in [6, 6.07) is 15.1. The van der Waals surface area contributed by atoms with Crippen molar-refractivity contribution in [3.05, 3.63) is 59.7 Å². The van der Waals surface area contributed by atoms with Crippen molar-refractivity contribution in [1.29, 1.82) is 5.26 Å². The molecule has 0 amide bonds. The summed E-state index contributed by atoms with van der Waals surface area (Å²) >= 11 is 0. The molecule has 0 aliphatic rings. The predicted molar refractivity (Wildman–Crippen MR) is 77.8 cm³/mol. The van der Waals surface area contributed by atoms with Crippen molar-refractivity contribution < 1.29 is 8.42 Å². The second-order valence-corrected chi connectivity index (χ2v) is 5.98. The standard InChI is InChI=1S/C15H14N2O2S/c1-2-12-6-8-14(9-7-12)17-20(18,19)15-5-3-4-13(10-15)11-16/h3-10,17H,2H2,1H3. The molecular weight excluding hydrogens is 272 g/mol. The average molecular weight is 286 g/mol. The summed E-state index contributed by atoms with van der Waals surface area (Å²) < 4.78 is 26.9. The Morgan fingerprint density at radius 3 is 2.45 bits per heavy atom. The van der Waals surface area contributed by atoms with Crippen LogP contribution in [-0.2, 0) is 16.4 Å². The number of nitrogens with one attached hydrogen (secondary N) is 1. The van der Waals surface area contributed by atoms with Crippen LogP contribution in [0.25, 0.3) is 0 Å². The minimum Gasteiger partial charge on any atom is -0.280 e. The molecule has 20 heavy (non-hydrogen) atoms. The molecule has 0 saturated carbocycles. The van der Waals surface area contributed by atoms with E-state index in [0.29, 0.717) is 11.3 Å². The normalized spacial score (nSPS) is 10.8. The maximum atomic E-state index is 12.2. The van der Waals surface area contributed by atoms with E-state index >= 15 is 0 Å². The van der Waals surface area contributed by atoms with Gasteiger partial charge in [0.25, 0.3) is 10.0 Å². The van der Waals surface area contributed by atoms with Crippen molar-refractivity contribution in [3.63, 3.8) is 0 Å². The fraction of sp³-hybridized carbons (Fsp3) is 0.133. The first-order valence-corrected chi connectivity index (χ1v) is 7.65. The fourth-order valence-electron chi connectivity index (χ4n) is 1.76. The number of anilines is 1. The lowest BCUT2D eigenvalue weighted by atomic mass is 10.2. The first kappa shape index (κ1) is 14.1. The van der Waals surface area contributed by atoms with E-state index in [-0.39, 0.29) is 4.90 Å². The molecule has 102 valence electrons. The van der Waals surface area contributed by atoms with Gasteiger partial charge in [-0.15, -0.1) is 0 Å². The molecule has 4 nitrogen and oxygen atoms in total. The van der Waals surface area contributed by atoms with E-state index in [1.165, 1.54) is 12.1 Å². The van der Waals surface area contributed by atoms with Crippen molar-refractivity contribution in [3.8, 4) is 6.07 Å². The summed E-state index contributed by atoms with van der Waals surface area (Å²) in [7, 11) is -3.67. The maximum Gasteiger partial charge on any atom is 0.261 e. The lowest BCUT2D eigenvalue weighted by Crippen LogP contribution is -2.13. The van der Waals surface area contributed by atoms with Crippen molar-refractivity contribution in [2.75, 3.05) is 4.72 Å². The van der Waals surface area contributed by atoms with Crippen molar-refractivity contribution in [1.82, 2.24) is 0 Å². The molecule has 0 aliphatic heterocycles. The van der Waals surface area contributed by atoms with Gasteiger partial charge in [-0.05, 0) is 42.3 Å². The molecule has 1 N–H and O–H groups in total. The molecule has 0 bridgehead atoms. The van der Waals surface area contributed by atoms with Crippen LogP contribution in [0.15, 0.2) is 53.4 Å². The summed E-state index contributed by atoms with van der Waals surface area (Å²) in [4.78, 5) is 0.0797. The largest absolute Gasteiger partial charge is 0.280 e. The van der Waals surface area contributed by atoms with Gasteiger partial charge in [0, 0.05) is 5.69 Å². The van der Waals surface area contributed by atoms with Crippen LogP contribution in [0.5, 0.6) is 0 Å². The third-order valence-corrected chi connectivity index (χ3v) is 4.27. The molecule has 5 heteroatoms. The maximum absolute atomic E-state index is 12.2. The van der Waals surface area contributed by atoms with Crippen molar-refractivity contribution in [2.45, 2.75) is 18.2 Å². The van der Waals surface area contributed by atoms with Gasteiger partial charge in [-0.25, -0.2) is 8.42 Å². The molecule has 0 aliphatic carbocycles. The molecule has 2 aromatic rings. The third kappa shape index (κ3) is 3.16. The molecule has 0 spiro atoms. The highest BCUT2D eigenvalue weighted by atomic mass is 32.2. The van der Waals surface area contributed by atoms with Crippen molar-refractivity contribution >= 4 is 15.7 Å². The molecule has 0 aromatic heterocycles. The van der Waals surface area contributed by atoms with E-state index in [0.717, 1.165) is 12.0 Å². The topological polar surface area (TPSA) is 70.0 Å². The monoisotopic (exact) mass is 286 g/mol. The molecular formula is C15H14N2O2S. The third-order valence-electron chi connectivity index (χ3n) is 2.89. The number of aryl methyl sites for hydroxylation is 1. The first-order chi connectivity index (χ1) is 9.55. The van der Waals surface area contributed by atoms with E-state index in [1.807, 2.05) is 25.1 Å². The SMILES string of the molecule is CCc1ccc(NS(=O)(=O)c2cccc(C#N)c2)cc1. The average Bonchev–Trinajstić information content (AvgIpc) is 2.48. The molecule has 0 saturated heterocycles. The molecule has 0 radical (unpaired) electrons. The number of rotatable bonds is 4. The van der Waals surface area contributed by atoms with Gasteiger partial charge in [0.2, 0.25) is 0 Å². The Hall–Kier alpha value is -2.32. The molecule has 2 rings (SSSR count). The smallest absolute Gasteiger partial charge is 0.261 e. The van der Waals surface area contributed by atoms with Gasteiger partial charge in [0.05, 0.1) is 16.5 Å². The van der Waals surface area contributed by atoms with Crippen LogP contribution < -0.4 is 4.72 Å². The summed E-state index contributed by atoms with van der Waals surface area (Å²) in [6.07, 6.45) is 0.900. The highest BCUT2D eigenvalue weighted by Gasteiger charge is 2.14. The minimum atomic E-state index is -3.67. The van der Waals surface area contributed by atoms with Gasteiger partial charge < -0.3 is 0 Å². The molecule has 0 atom stereocenters. The van der Waals surface area contributed by atoms with E-state index in [9.17, 15) is 8.42 Å². The highest BCUT2D eigenvalue weighted by molar-refractivity contribution is 7.92. The van der Waals surface area contributed by atoms with Crippen LogP contribution in [0.3, 0.4) is 0 Å². The van der Waals surface area contributed by atoms with Gasteiger partial charge in [0.15, 0.2) is 0 Å². The number of hydrogen-bond donors (Lipinski definition) is 1. The number of nitriles is 1. The molecule has 0 fully saturated rings. The van der Waals surface area contributed by atoms with Crippen LogP contribution in [0.2, 0.25) is 0 Å². The first-order valence-electron chi connectivity index (χ1n) is 6.17. The Kier molecular flexibility index (Phi) is 4.06. The van der Waals surface area contributed by atoms with E-state index in [4.69, 9.17) is 5.26 Å². The number of benzene rings is 2. The Labute approximate surface area is 118 Å². The van der Waals surface area contributed by atoms with Gasteiger partial charge in [0.1, 0.15) is 0 Å². The zero-order valence-corrected chi connectivity index (χ0v) is 11.8. The summed E-state index contributed by atoms with van der Waals surface area (Å²) in [6.45, 7) is 2.03. The number of sulfonamides is 1. The quantitative estimate of drug-likeness (QED) is 0.939. The van der Waals surface area contributed by atoms with Gasteiger partial charge in [-0.1, -0.05) is 25.1 Å². The Bertz CT molecular complexity index is 744. The number of hydrogen-bond acceptors (Lipinski definition) is 3. The van der Waals surface area contributed by atoms with Gasteiger partial charge >= 0.3 is 0 Å². The summed E-state index contributed by atoms with van der Waals surface area (Å²) in [5.41, 5.74) is 1.96. The minimum absolute atomic E-state index is 0.0797. The van der Waals surface area contributed by atoms with Crippen LogP contribution in [-0.4, -0.2) is 8.42 Å². The zero-order valence-electron chi connectivity index (χ0n) is 11.0. The highest BCUT2D eigenvalue weighted by Crippen LogP contribution is 2.17. The lowest BCUT2D eigenvalue weighted by molar-refractivity contribution is 0.601.